The van der Waals surface area contributed by atoms with Crippen molar-refractivity contribution in [2.45, 2.75) is 9.79 Å². The molecule has 2 N–H and O–H groups in total. The molecule has 0 fully saturated rings. The van der Waals surface area contributed by atoms with E-state index >= 15 is 0 Å². The van der Waals surface area contributed by atoms with E-state index in [4.69, 9.17) is 10.5 Å². The summed E-state index contributed by atoms with van der Waals surface area (Å²) in [5.41, 5.74) is 6.30. The molecule has 106 valence electrons. The number of hydrogen-bond acceptors (Lipinski definition) is 3. The van der Waals surface area contributed by atoms with Gasteiger partial charge in [0.15, 0.2) is 11.6 Å². The van der Waals surface area contributed by atoms with Crippen LogP contribution in [0.2, 0.25) is 0 Å². The molecule has 3 aromatic carbocycles. The molecule has 0 atom stereocenters. The third kappa shape index (κ3) is 2.81. The van der Waals surface area contributed by atoms with Crippen molar-refractivity contribution in [2.24, 2.45) is 0 Å². The number of nitrogens with two attached hydrogens (primary N) is 1. The number of anilines is 1. The van der Waals surface area contributed by atoms with Crippen LogP contribution in [-0.2, 0) is 0 Å². The summed E-state index contributed by atoms with van der Waals surface area (Å²) in [6.07, 6.45) is 0. The van der Waals surface area contributed by atoms with Crippen molar-refractivity contribution in [3.63, 3.8) is 0 Å². The van der Waals surface area contributed by atoms with Gasteiger partial charge in [-0.15, -0.1) is 0 Å². The van der Waals surface area contributed by atoms with Gasteiger partial charge in [0.05, 0.1) is 7.11 Å². The van der Waals surface area contributed by atoms with E-state index in [9.17, 15) is 4.39 Å². The molecule has 4 heteroatoms. The lowest BCUT2D eigenvalue weighted by Gasteiger charge is -2.09. The van der Waals surface area contributed by atoms with Crippen LogP contribution < -0.4 is 10.5 Å². The molecular formula is C17H14FNOS. The highest BCUT2D eigenvalue weighted by molar-refractivity contribution is 7.99. The van der Waals surface area contributed by atoms with Crippen LogP contribution in [0.5, 0.6) is 5.75 Å². The normalized spacial score (nSPS) is 10.8. The Morgan fingerprint density at radius 1 is 1.00 bits per heavy atom. The Morgan fingerprint density at radius 3 is 2.52 bits per heavy atom. The van der Waals surface area contributed by atoms with Gasteiger partial charge in [0.25, 0.3) is 0 Å². The molecular weight excluding hydrogens is 285 g/mol. The second kappa shape index (κ2) is 5.66. The van der Waals surface area contributed by atoms with E-state index in [0.717, 1.165) is 15.2 Å². The molecule has 0 aliphatic rings. The van der Waals surface area contributed by atoms with Gasteiger partial charge in [-0.2, -0.15) is 0 Å². The quantitative estimate of drug-likeness (QED) is 0.711. The van der Waals surface area contributed by atoms with E-state index in [2.05, 4.69) is 24.3 Å². The van der Waals surface area contributed by atoms with Crippen molar-refractivity contribution in [3.8, 4) is 5.75 Å². The Bertz CT molecular complexity index is 804. The van der Waals surface area contributed by atoms with Crippen molar-refractivity contribution >= 4 is 28.2 Å². The van der Waals surface area contributed by atoms with Crippen molar-refractivity contribution in [1.29, 1.82) is 0 Å². The highest BCUT2D eigenvalue weighted by Gasteiger charge is 2.10. The van der Waals surface area contributed by atoms with Gasteiger partial charge in [-0.3, -0.25) is 0 Å². The molecule has 0 aliphatic carbocycles. The Labute approximate surface area is 126 Å². The SMILES string of the molecule is COc1cc(Sc2ccc3ccccc3c2)c(N)cc1F. The van der Waals surface area contributed by atoms with E-state index in [1.54, 1.807) is 6.07 Å². The molecule has 21 heavy (non-hydrogen) atoms. The van der Waals surface area contributed by atoms with Gasteiger partial charge in [-0.05, 0) is 29.0 Å². The molecule has 0 aromatic heterocycles. The summed E-state index contributed by atoms with van der Waals surface area (Å²) >= 11 is 1.50. The van der Waals surface area contributed by atoms with Crippen LogP contribution in [0.25, 0.3) is 10.8 Å². The molecule has 2 nitrogen and oxygen atoms in total. The van der Waals surface area contributed by atoms with Crippen LogP contribution >= 0.6 is 11.8 Å². The maximum atomic E-state index is 13.6. The van der Waals surface area contributed by atoms with Crippen LogP contribution in [0.3, 0.4) is 0 Å². The average Bonchev–Trinajstić information content (AvgIpc) is 2.50. The molecule has 0 heterocycles. The number of benzene rings is 3. The largest absolute Gasteiger partial charge is 0.494 e. The summed E-state index contributed by atoms with van der Waals surface area (Å²) in [6, 6.07) is 17.3. The summed E-state index contributed by atoms with van der Waals surface area (Å²) in [6.45, 7) is 0. The van der Waals surface area contributed by atoms with E-state index in [1.165, 1.54) is 30.3 Å². The van der Waals surface area contributed by atoms with Gasteiger partial charge in [-0.25, -0.2) is 4.39 Å². The van der Waals surface area contributed by atoms with E-state index in [0.29, 0.717) is 5.69 Å². The lowest BCUT2D eigenvalue weighted by atomic mass is 10.1. The van der Waals surface area contributed by atoms with E-state index < -0.39 is 5.82 Å². The Morgan fingerprint density at radius 2 is 1.76 bits per heavy atom. The molecule has 0 amide bonds. The van der Waals surface area contributed by atoms with E-state index in [-0.39, 0.29) is 5.75 Å². The first-order valence-electron chi connectivity index (χ1n) is 6.47. The second-order valence-electron chi connectivity index (χ2n) is 4.64. The molecule has 3 aromatic rings. The van der Waals surface area contributed by atoms with Crippen molar-refractivity contribution in [1.82, 2.24) is 0 Å². The second-order valence-corrected chi connectivity index (χ2v) is 5.75. The van der Waals surface area contributed by atoms with Gasteiger partial charge in [-0.1, -0.05) is 42.1 Å². The lowest BCUT2D eigenvalue weighted by Crippen LogP contribution is -1.94. The average molecular weight is 299 g/mol. The third-order valence-corrected chi connectivity index (χ3v) is 4.30. The monoisotopic (exact) mass is 299 g/mol. The standard InChI is InChI=1S/C17H14FNOS/c1-20-16-10-17(15(19)9-14(16)18)21-13-7-6-11-4-2-3-5-12(11)8-13/h2-10H,19H2,1H3. The first-order valence-corrected chi connectivity index (χ1v) is 7.28. The predicted molar refractivity (Wildman–Crippen MR) is 85.4 cm³/mol. The van der Waals surface area contributed by atoms with Crippen molar-refractivity contribution in [3.05, 3.63) is 60.4 Å². The zero-order chi connectivity index (χ0) is 14.8. The number of nitrogen functional groups attached to an aromatic ring is 1. The first-order chi connectivity index (χ1) is 10.2. The zero-order valence-electron chi connectivity index (χ0n) is 11.5. The summed E-state index contributed by atoms with van der Waals surface area (Å²) in [7, 11) is 1.44. The van der Waals surface area contributed by atoms with Gasteiger partial charge in [0.2, 0.25) is 0 Å². The number of fused-ring (bicyclic) bond motifs is 1. The molecule has 0 bridgehead atoms. The minimum atomic E-state index is -0.446. The fraction of sp³-hybridized carbons (Fsp3) is 0.0588. The number of ether oxygens (including phenoxy) is 1. The van der Waals surface area contributed by atoms with Crippen LogP contribution in [0.1, 0.15) is 0 Å². The van der Waals surface area contributed by atoms with Crippen molar-refractivity contribution < 1.29 is 9.13 Å². The Kier molecular flexibility index (Phi) is 3.71. The number of halogens is 1. The molecule has 0 unspecified atom stereocenters. The minimum Gasteiger partial charge on any atom is -0.494 e. The number of methoxy groups -OCH3 is 1. The zero-order valence-corrected chi connectivity index (χ0v) is 12.3. The maximum Gasteiger partial charge on any atom is 0.167 e. The fourth-order valence-electron chi connectivity index (χ4n) is 2.15. The highest BCUT2D eigenvalue weighted by atomic mass is 32.2. The predicted octanol–water partition coefficient (Wildman–Crippen LogP) is 4.72. The molecule has 3 rings (SSSR count). The van der Waals surface area contributed by atoms with Crippen molar-refractivity contribution in [2.75, 3.05) is 12.8 Å². The molecule has 0 radical (unpaired) electrons. The summed E-state index contributed by atoms with van der Waals surface area (Å²) in [5, 5.41) is 2.35. The Hall–Kier alpha value is -2.20. The summed E-state index contributed by atoms with van der Waals surface area (Å²) < 4.78 is 18.6. The Balaban J connectivity index is 1.98. The topological polar surface area (TPSA) is 35.2 Å². The van der Waals surface area contributed by atoms with Crippen LogP contribution in [0, 0.1) is 5.82 Å². The first kappa shape index (κ1) is 13.8. The summed E-state index contributed by atoms with van der Waals surface area (Å²) in [4.78, 5) is 1.83. The molecule has 0 saturated carbocycles. The summed E-state index contributed by atoms with van der Waals surface area (Å²) in [5.74, 6) is -0.245. The minimum absolute atomic E-state index is 0.201. The maximum absolute atomic E-state index is 13.6. The van der Waals surface area contributed by atoms with Crippen LogP contribution in [0.15, 0.2) is 64.4 Å². The molecule has 0 saturated heterocycles. The number of rotatable bonds is 3. The number of hydrogen-bond donors (Lipinski definition) is 1. The van der Waals surface area contributed by atoms with Gasteiger partial charge in [0, 0.05) is 21.5 Å². The fourth-order valence-corrected chi connectivity index (χ4v) is 3.07. The smallest absolute Gasteiger partial charge is 0.167 e. The van der Waals surface area contributed by atoms with Crippen LogP contribution in [-0.4, -0.2) is 7.11 Å². The third-order valence-electron chi connectivity index (χ3n) is 3.23. The molecule has 0 spiro atoms. The molecule has 0 aliphatic heterocycles. The van der Waals surface area contributed by atoms with Gasteiger partial charge in [0.1, 0.15) is 0 Å². The van der Waals surface area contributed by atoms with Gasteiger partial charge < -0.3 is 10.5 Å². The van der Waals surface area contributed by atoms with Gasteiger partial charge >= 0.3 is 0 Å². The lowest BCUT2D eigenvalue weighted by molar-refractivity contribution is 0.385. The highest BCUT2D eigenvalue weighted by Crippen LogP contribution is 2.37. The van der Waals surface area contributed by atoms with E-state index in [1.807, 2.05) is 18.2 Å². The van der Waals surface area contributed by atoms with Crippen LogP contribution in [0.4, 0.5) is 10.1 Å².